The maximum atomic E-state index is 11.7. The number of carboxylic acids is 1. The maximum absolute atomic E-state index is 11.7. The van der Waals surface area contributed by atoms with Gasteiger partial charge in [0.05, 0.1) is 22.3 Å². The molecule has 2 N–H and O–H groups in total. The average molecular weight is 428 g/mol. The number of carboxylic acid groups (broad SMARTS) is 1. The molecule has 1 atom stereocenters. The number of anilines is 1. The number of carbonyl (C=O) groups is 2. The van der Waals surface area contributed by atoms with Crippen LogP contribution in [0.3, 0.4) is 0 Å². The number of rotatable bonds is 11. The topological polar surface area (TPSA) is 119 Å². The van der Waals surface area contributed by atoms with Crippen LogP contribution >= 0.6 is 0 Å². The lowest BCUT2D eigenvalue weighted by molar-refractivity contribution is -0.386. The highest BCUT2D eigenvalue weighted by Crippen LogP contribution is 2.39. The van der Waals surface area contributed by atoms with E-state index >= 15 is 0 Å². The van der Waals surface area contributed by atoms with E-state index in [1.807, 2.05) is 6.92 Å². The van der Waals surface area contributed by atoms with E-state index in [1.54, 1.807) is 12.1 Å². The summed E-state index contributed by atoms with van der Waals surface area (Å²) < 4.78 is 5.88. The molecule has 0 heterocycles. The lowest BCUT2D eigenvalue weighted by Crippen LogP contribution is -2.14. The molecule has 0 radical (unpaired) electrons. The number of hydrogen-bond acceptors (Lipinski definition) is 5. The van der Waals surface area contributed by atoms with Crippen molar-refractivity contribution in [3.05, 3.63) is 52.1 Å². The van der Waals surface area contributed by atoms with Gasteiger partial charge in [-0.3, -0.25) is 14.9 Å². The van der Waals surface area contributed by atoms with E-state index in [1.165, 1.54) is 31.2 Å². The lowest BCUT2D eigenvalue weighted by Gasteiger charge is -2.18. The third kappa shape index (κ3) is 6.80. The Morgan fingerprint density at radius 1 is 1.16 bits per heavy atom. The number of benzene rings is 2. The van der Waals surface area contributed by atoms with Gasteiger partial charge in [-0.15, -0.1) is 0 Å². The van der Waals surface area contributed by atoms with Crippen LogP contribution in [0.2, 0.25) is 0 Å². The Balaban J connectivity index is 2.42. The fraction of sp³-hybridized carbons (Fsp3) is 0.391. The third-order valence-electron chi connectivity index (χ3n) is 4.84. The van der Waals surface area contributed by atoms with Crippen molar-refractivity contribution in [1.29, 1.82) is 0 Å². The minimum absolute atomic E-state index is 0.0858. The second-order valence-electron chi connectivity index (χ2n) is 7.46. The molecule has 0 saturated heterocycles. The van der Waals surface area contributed by atoms with E-state index in [4.69, 9.17) is 9.84 Å². The highest BCUT2D eigenvalue weighted by Gasteiger charge is 2.22. The van der Waals surface area contributed by atoms with Crippen LogP contribution in [0.5, 0.6) is 5.75 Å². The van der Waals surface area contributed by atoms with Crippen LogP contribution in [0.15, 0.2) is 36.4 Å². The van der Waals surface area contributed by atoms with Gasteiger partial charge in [0.2, 0.25) is 5.91 Å². The number of ether oxygens (including phenoxy) is 1. The van der Waals surface area contributed by atoms with Crippen molar-refractivity contribution in [2.24, 2.45) is 0 Å². The fourth-order valence-electron chi connectivity index (χ4n) is 3.26. The summed E-state index contributed by atoms with van der Waals surface area (Å²) in [4.78, 5) is 34.0. The van der Waals surface area contributed by atoms with Gasteiger partial charge in [0, 0.05) is 24.6 Å². The number of nitro groups is 1. The average Bonchev–Trinajstić information content (AvgIpc) is 2.71. The molecule has 31 heavy (non-hydrogen) atoms. The molecule has 8 heteroatoms. The monoisotopic (exact) mass is 428 g/mol. The van der Waals surface area contributed by atoms with Crippen LogP contribution in [-0.2, 0) is 4.79 Å². The predicted molar refractivity (Wildman–Crippen MR) is 119 cm³/mol. The number of unbranched alkanes of at least 4 members (excludes halogenated alkanes) is 3. The molecule has 0 saturated carbocycles. The first-order chi connectivity index (χ1) is 14.7. The number of nitro benzene ring substituents is 1. The minimum atomic E-state index is -1.07. The van der Waals surface area contributed by atoms with Crippen LogP contribution < -0.4 is 10.1 Å². The first kappa shape index (κ1) is 23.9. The van der Waals surface area contributed by atoms with E-state index in [2.05, 4.69) is 12.2 Å². The van der Waals surface area contributed by atoms with Crippen molar-refractivity contribution in [3.63, 3.8) is 0 Å². The largest absolute Gasteiger partial charge is 0.484 e. The first-order valence-electron chi connectivity index (χ1n) is 10.3. The zero-order valence-electron chi connectivity index (χ0n) is 18.0. The Morgan fingerprint density at radius 2 is 1.84 bits per heavy atom. The summed E-state index contributed by atoms with van der Waals surface area (Å²) in [5.41, 5.74) is 1.18. The highest BCUT2D eigenvalue weighted by molar-refractivity contribution is 5.96. The van der Waals surface area contributed by atoms with Gasteiger partial charge in [-0.05, 0) is 37.5 Å². The van der Waals surface area contributed by atoms with E-state index in [0.29, 0.717) is 16.8 Å². The molecule has 0 fully saturated rings. The van der Waals surface area contributed by atoms with Gasteiger partial charge >= 0.3 is 11.7 Å². The lowest BCUT2D eigenvalue weighted by atomic mass is 10.0. The van der Waals surface area contributed by atoms with Crippen LogP contribution in [0.1, 0.15) is 63.2 Å². The summed E-state index contributed by atoms with van der Waals surface area (Å²) in [6, 6.07) is 8.71. The molecule has 2 rings (SSSR count). The zero-order chi connectivity index (χ0) is 23.0. The van der Waals surface area contributed by atoms with E-state index < -0.39 is 10.9 Å². The summed E-state index contributed by atoms with van der Waals surface area (Å²) >= 11 is 0. The fourth-order valence-corrected chi connectivity index (χ4v) is 3.26. The minimum Gasteiger partial charge on any atom is -0.484 e. The van der Waals surface area contributed by atoms with Gasteiger partial charge < -0.3 is 15.2 Å². The standard InChI is InChI=1S/C23H28N2O6/c1-4-5-6-7-8-15(2)31-22-14-20(24-16(3)26)19(13-21(22)25(29)30)17-9-11-18(12-10-17)23(27)28/h9-15H,4-8H2,1-3H3,(H,24,26)(H,27,28). The van der Waals surface area contributed by atoms with Crippen molar-refractivity contribution in [2.75, 3.05) is 5.32 Å². The summed E-state index contributed by atoms with van der Waals surface area (Å²) in [5.74, 6) is -1.32. The molecule has 2 aromatic rings. The molecule has 0 aliphatic carbocycles. The van der Waals surface area contributed by atoms with E-state index in [0.717, 1.165) is 32.1 Å². The van der Waals surface area contributed by atoms with Crippen molar-refractivity contribution in [1.82, 2.24) is 0 Å². The molecule has 8 nitrogen and oxygen atoms in total. The number of hydrogen-bond donors (Lipinski definition) is 2. The Bertz CT molecular complexity index is 940. The normalized spacial score (nSPS) is 11.6. The van der Waals surface area contributed by atoms with E-state index in [-0.39, 0.29) is 29.0 Å². The number of carbonyl (C=O) groups excluding carboxylic acids is 1. The SMILES string of the molecule is CCCCCCC(C)Oc1cc(NC(C)=O)c(-c2ccc(C(=O)O)cc2)cc1[N+](=O)[O-]. The third-order valence-corrected chi connectivity index (χ3v) is 4.84. The molecule has 0 spiro atoms. The smallest absolute Gasteiger partial charge is 0.335 e. The highest BCUT2D eigenvalue weighted by atomic mass is 16.6. The van der Waals surface area contributed by atoms with Gasteiger partial charge in [-0.25, -0.2) is 4.79 Å². The summed E-state index contributed by atoms with van der Waals surface area (Å²) in [6.07, 6.45) is 4.85. The molecule has 166 valence electrons. The molecule has 1 amide bonds. The number of nitrogens with zero attached hydrogens (tertiary/aromatic N) is 1. The van der Waals surface area contributed by atoms with Crippen molar-refractivity contribution >= 4 is 23.3 Å². The van der Waals surface area contributed by atoms with Crippen LogP contribution in [0.4, 0.5) is 11.4 Å². The van der Waals surface area contributed by atoms with Gasteiger partial charge in [-0.2, -0.15) is 0 Å². The Labute approximate surface area is 181 Å². The summed E-state index contributed by atoms with van der Waals surface area (Å²) in [7, 11) is 0. The van der Waals surface area contributed by atoms with Gasteiger partial charge in [-0.1, -0.05) is 38.3 Å². The second-order valence-corrected chi connectivity index (χ2v) is 7.46. The van der Waals surface area contributed by atoms with Crippen molar-refractivity contribution < 1.29 is 24.4 Å². The van der Waals surface area contributed by atoms with Crippen molar-refractivity contribution in [3.8, 4) is 16.9 Å². The van der Waals surface area contributed by atoms with Crippen molar-refractivity contribution in [2.45, 2.75) is 59.0 Å². The molecule has 0 bridgehead atoms. The number of nitrogens with one attached hydrogen (secondary N) is 1. The summed E-state index contributed by atoms with van der Waals surface area (Å²) in [5, 5.41) is 23.5. The maximum Gasteiger partial charge on any atom is 0.335 e. The van der Waals surface area contributed by atoms with Crippen LogP contribution in [0, 0.1) is 10.1 Å². The van der Waals surface area contributed by atoms with Gasteiger partial charge in [0.25, 0.3) is 0 Å². The molecule has 1 unspecified atom stereocenters. The van der Waals surface area contributed by atoms with Gasteiger partial charge in [0.1, 0.15) is 0 Å². The quantitative estimate of drug-likeness (QED) is 0.271. The second kappa shape index (κ2) is 11.1. The summed E-state index contributed by atoms with van der Waals surface area (Å²) in [6.45, 7) is 5.34. The molecule has 0 aliphatic rings. The molecule has 2 aromatic carbocycles. The Morgan fingerprint density at radius 3 is 2.39 bits per heavy atom. The van der Waals surface area contributed by atoms with E-state index in [9.17, 15) is 19.7 Å². The molecular weight excluding hydrogens is 400 g/mol. The molecule has 0 aliphatic heterocycles. The van der Waals surface area contributed by atoms with Gasteiger partial charge in [0.15, 0.2) is 5.75 Å². The first-order valence-corrected chi connectivity index (χ1v) is 10.3. The Kier molecular flexibility index (Phi) is 8.54. The van der Waals surface area contributed by atoms with Crippen LogP contribution in [-0.4, -0.2) is 28.0 Å². The van der Waals surface area contributed by atoms with Crippen LogP contribution in [0.25, 0.3) is 11.1 Å². The molecular formula is C23H28N2O6. The number of aromatic carboxylic acids is 1. The molecule has 0 aromatic heterocycles. The Hall–Kier alpha value is -3.42. The predicted octanol–water partition coefficient (Wildman–Crippen LogP) is 5.66. The zero-order valence-corrected chi connectivity index (χ0v) is 18.0. The number of amides is 1.